The molecule has 2 heterocycles. The minimum Gasteiger partial charge on any atom is -0.346 e. The minimum atomic E-state index is 0.531. The van der Waals surface area contributed by atoms with Crippen LogP contribution in [0.15, 0.2) is 24.5 Å². The van der Waals surface area contributed by atoms with E-state index in [2.05, 4.69) is 51.6 Å². The maximum absolute atomic E-state index is 4.23. The molecule has 0 amide bonds. The molecule has 2 nitrogen and oxygen atoms in total. The van der Waals surface area contributed by atoms with Crippen LogP contribution in [0.25, 0.3) is 11.0 Å². The lowest BCUT2D eigenvalue weighted by molar-refractivity contribution is 1.15. The van der Waals surface area contributed by atoms with Gasteiger partial charge in [-0.15, -0.1) is 0 Å². The Labute approximate surface area is 84.5 Å². The molecule has 0 aliphatic heterocycles. The highest BCUT2D eigenvalue weighted by molar-refractivity contribution is 14.1. The second-order valence-electron chi connectivity index (χ2n) is 2.76. The zero-order valence-corrected chi connectivity index (χ0v) is 8.87. The van der Waals surface area contributed by atoms with Gasteiger partial charge in [-0.25, -0.2) is 4.98 Å². The van der Waals surface area contributed by atoms with Crippen molar-refractivity contribution in [2.24, 2.45) is 0 Å². The summed E-state index contributed by atoms with van der Waals surface area (Å²) in [6, 6.07) is 4.15. The fourth-order valence-corrected chi connectivity index (χ4v) is 1.87. The Kier molecular flexibility index (Phi) is 2.04. The first-order chi connectivity index (χ1) is 5.79. The molecule has 1 unspecified atom stereocenters. The van der Waals surface area contributed by atoms with Gasteiger partial charge in [0, 0.05) is 21.7 Å². The Balaban J connectivity index is 2.73. The molecule has 1 atom stereocenters. The molecule has 0 bridgehead atoms. The van der Waals surface area contributed by atoms with Gasteiger partial charge in [-0.1, -0.05) is 22.6 Å². The van der Waals surface area contributed by atoms with E-state index in [1.165, 1.54) is 10.9 Å². The highest BCUT2D eigenvalue weighted by atomic mass is 127. The molecule has 0 saturated heterocycles. The number of alkyl halides is 1. The number of nitrogens with zero attached hydrogens (tertiary/aromatic N) is 1. The molecular weight excluding hydrogens is 263 g/mol. The van der Waals surface area contributed by atoms with Crippen LogP contribution in [0.5, 0.6) is 0 Å². The largest absolute Gasteiger partial charge is 0.346 e. The van der Waals surface area contributed by atoms with E-state index in [-0.39, 0.29) is 0 Å². The van der Waals surface area contributed by atoms with Crippen molar-refractivity contribution in [1.29, 1.82) is 0 Å². The van der Waals surface area contributed by atoms with Crippen LogP contribution in [0, 0.1) is 0 Å². The fraction of sp³-hybridized carbons (Fsp3) is 0.222. The van der Waals surface area contributed by atoms with Crippen LogP contribution in [0.1, 0.15) is 16.4 Å². The number of H-pyrrole nitrogens is 1. The highest BCUT2D eigenvalue weighted by Gasteiger charge is 2.06. The Bertz CT molecular complexity index is 392. The van der Waals surface area contributed by atoms with Crippen LogP contribution >= 0.6 is 22.6 Å². The van der Waals surface area contributed by atoms with Gasteiger partial charge in [0.25, 0.3) is 0 Å². The Hall–Kier alpha value is -0.580. The van der Waals surface area contributed by atoms with Crippen LogP contribution < -0.4 is 0 Å². The van der Waals surface area contributed by atoms with E-state index in [1.54, 1.807) is 0 Å². The van der Waals surface area contributed by atoms with Crippen molar-refractivity contribution in [2.45, 2.75) is 10.8 Å². The van der Waals surface area contributed by atoms with Gasteiger partial charge >= 0.3 is 0 Å². The molecule has 2 rings (SSSR count). The smallest absolute Gasteiger partial charge is 0.137 e. The second kappa shape index (κ2) is 3.05. The molecule has 0 aliphatic carbocycles. The number of aromatic amines is 1. The summed E-state index contributed by atoms with van der Waals surface area (Å²) in [6.07, 6.45) is 3.78. The number of rotatable bonds is 1. The molecule has 1 N–H and O–H groups in total. The number of pyridine rings is 1. The van der Waals surface area contributed by atoms with Gasteiger partial charge < -0.3 is 4.98 Å². The lowest BCUT2D eigenvalue weighted by Crippen LogP contribution is -1.85. The zero-order valence-electron chi connectivity index (χ0n) is 6.71. The maximum Gasteiger partial charge on any atom is 0.137 e. The quantitative estimate of drug-likeness (QED) is 0.627. The Morgan fingerprint density at radius 3 is 3.08 bits per heavy atom. The summed E-state index contributed by atoms with van der Waals surface area (Å²) in [7, 11) is 0. The van der Waals surface area contributed by atoms with Crippen molar-refractivity contribution in [3.63, 3.8) is 0 Å². The van der Waals surface area contributed by atoms with E-state index in [0.29, 0.717) is 3.92 Å². The summed E-state index contributed by atoms with van der Waals surface area (Å²) in [5.74, 6) is 0. The molecular formula is C9H9IN2. The zero-order chi connectivity index (χ0) is 8.55. The molecule has 62 valence electrons. The first-order valence-electron chi connectivity index (χ1n) is 3.85. The molecule has 0 aliphatic rings. The predicted octanol–water partition coefficient (Wildman–Crippen LogP) is 3.06. The molecule has 2 aromatic rings. The topological polar surface area (TPSA) is 28.7 Å². The van der Waals surface area contributed by atoms with E-state index in [4.69, 9.17) is 0 Å². The average molecular weight is 272 g/mol. The standard InChI is InChI=1S/C9H9IN2/c1-6(10)7-2-4-11-9-8(7)3-5-12-9/h2-6H,1H3,(H,11,12). The summed E-state index contributed by atoms with van der Waals surface area (Å²) in [5.41, 5.74) is 2.33. The third-order valence-corrected chi connectivity index (χ3v) is 2.59. The maximum atomic E-state index is 4.23. The fourth-order valence-electron chi connectivity index (χ4n) is 1.33. The Morgan fingerprint density at radius 2 is 2.33 bits per heavy atom. The first-order valence-corrected chi connectivity index (χ1v) is 5.09. The van der Waals surface area contributed by atoms with Crippen LogP contribution in [0.4, 0.5) is 0 Å². The van der Waals surface area contributed by atoms with Crippen molar-refractivity contribution in [2.75, 3.05) is 0 Å². The summed E-state index contributed by atoms with van der Waals surface area (Å²) in [5, 5.41) is 1.24. The van der Waals surface area contributed by atoms with Crippen LogP contribution in [0.2, 0.25) is 0 Å². The molecule has 12 heavy (non-hydrogen) atoms. The summed E-state index contributed by atoms with van der Waals surface area (Å²) in [6.45, 7) is 2.18. The molecule has 0 radical (unpaired) electrons. The normalized spacial score (nSPS) is 13.5. The van der Waals surface area contributed by atoms with Gasteiger partial charge in [0.05, 0.1) is 0 Å². The first kappa shape index (κ1) is 8.04. The van der Waals surface area contributed by atoms with Gasteiger partial charge in [0.1, 0.15) is 5.65 Å². The van der Waals surface area contributed by atoms with Gasteiger partial charge in [-0.05, 0) is 24.6 Å². The predicted molar refractivity (Wildman–Crippen MR) is 58.5 cm³/mol. The monoisotopic (exact) mass is 272 g/mol. The van der Waals surface area contributed by atoms with Crippen molar-refractivity contribution < 1.29 is 0 Å². The lowest BCUT2D eigenvalue weighted by Gasteiger charge is -2.03. The molecule has 0 saturated carbocycles. The molecule has 0 spiro atoms. The van der Waals surface area contributed by atoms with E-state index in [1.807, 2.05) is 12.4 Å². The summed E-state index contributed by atoms with van der Waals surface area (Å²) in [4.78, 5) is 7.33. The Morgan fingerprint density at radius 1 is 1.50 bits per heavy atom. The lowest BCUT2D eigenvalue weighted by atomic mass is 10.1. The third kappa shape index (κ3) is 1.22. The van der Waals surface area contributed by atoms with Crippen molar-refractivity contribution in [3.05, 3.63) is 30.1 Å². The average Bonchev–Trinajstić information content (AvgIpc) is 2.49. The van der Waals surface area contributed by atoms with Gasteiger partial charge in [0.15, 0.2) is 0 Å². The van der Waals surface area contributed by atoms with Crippen molar-refractivity contribution in [1.82, 2.24) is 9.97 Å². The van der Waals surface area contributed by atoms with E-state index in [0.717, 1.165) is 5.65 Å². The summed E-state index contributed by atoms with van der Waals surface area (Å²) >= 11 is 2.41. The number of hydrogen-bond donors (Lipinski definition) is 1. The number of nitrogens with one attached hydrogen (secondary N) is 1. The molecule has 0 aromatic carbocycles. The highest BCUT2D eigenvalue weighted by Crippen LogP contribution is 2.27. The third-order valence-electron chi connectivity index (χ3n) is 1.92. The number of halogens is 1. The molecule has 0 fully saturated rings. The molecule has 3 heteroatoms. The molecule has 2 aromatic heterocycles. The van der Waals surface area contributed by atoms with E-state index in [9.17, 15) is 0 Å². The van der Waals surface area contributed by atoms with Crippen LogP contribution in [-0.4, -0.2) is 9.97 Å². The second-order valence-corrected chi connectivity index (χ2v) is 4.62. The van der Waals surface area contributed by atoms with E-state index < -0.39 is 0 Å². The van der Waals surface area contributed by atoms with Crippen molar-refractivity contribution in [3.8, 4) is 0 Å². The summed E-state index contributed by atoms with van der Waals surface area (Å²) < 4.78 is 0.531. The SMILES string of the molecule is CC(I)c1ccnc2[nH]ccc12. The van der Waals surface area contributed by atoms with Gasteiger partial charge in [-0.2, -0.15) is 0 Å². The number of fused-ring (bicyclic) bond motifs is 1. The van der Waals surface area contributed by atoms with Crippen LogP contribution in [0.3, 0.4) is 0 Å². The van der Waals surface area contributed by atoms with Crippen molar-refractivity contribution >= 4 is 33.6 Å². The van der Waals surface area contributed by atoms with E-state index >= 15 is 0 Å². The van der Waals surface area contributed by atoms with Gasteiger partial charge in [-0.3, -0.25) is 0 Å². The number of hydrogen-bond acceptors (Lipinski definition) is 1. The number of aromatic nitrogens is 2. The van der Waals surface area contributed by atoms with Gasteiger partial charge in [0.2, 0.25) is 0 Å². The van der Waals surface area contributed by atoms with Crippen LogP contribution in [-0.2, 0) is 0 Å². The minimum absolute atomic E-state index is 0.531.